The Morgan fingerprint density at radius 1 is 1.53 bits per heavy atom. The zero-order valence-corrected chi connectivity index (χ0v) is 13.0. The lowest BCUT2D eigenvalue weighted by Gasteiger charge is -2.13. The minimum Gasteiger partial charge on any atom is -0.397 e. The van der Waals surface area contributed by atoms with E-state index in [0.717, 1.165) is 17.9 Å². The third kappa shape index (κ3) is 3.56. The van der Waals surface area contributed by atoms with Crippen LogP contribution in [-0.2, 0) is 10.0 Å². The van der Waals surface area contributed by atoms with Crippen LogP contribution in [0.2, 0.25) is 5.02 Å². The first-order valence-electron chi connectivity index (χ1n) is 6.03. The van der Waals surface area contributed by atoms with Crippen molar-refractivity contribution in [1.29, 1.82) is 0 Å². The molecule has 1 fully saturated rings. The first kappa shape index (κ1) is 15.0. The first-order chi connectivity index (χ1) is 8.90. The van der Waals surface area contributed by atoms with Crippen LogP contribution in [0.1, 0.15) is 12.0 Å². The van der Waals surface area contributed by atoms with Gasteiger partial charge in [-0.1, -0.05) is 11.6 Å². The number of nitrogens with one attached hydrogen (secondary N) is 1. The molecule has 106 valence electrons. The van der Waals surface area contributed by atoms with Gasteiger partial charge in [0.15, 0.2) is 0 Å². The third-order valence-electron chi connectivity index (χ3n) is 3.17. The number of anilines is 1. The molecule has 1 aliphatic rings. The first-order valence-corrected chi connectivity index (χ1v) is 9.05. The second-order valence-corrected chi connectivity index (χ2v) is 8.01. The Kier molecular flexibility index (Phi) is 4.66. The SMILES string of the molecule is Cc1cc(Cl)c(N)cc1S(=O)(=O)NCC1CCSC1. The Hall–Kier alpha value is -0.430. The maximum absolute atomic E-state index is 12.3. The highest BCUT2D eigenvalue weighted by atomic mass is 35.5. The van der Waals surface area contributed by atoms with Crippen molar-refractivity contribution < 1.29 is 8.42 Å². The molecule has 7 heteroatoms. The maximum Gasteiger partial charge on any atom is 0.240 e. The highest BCUT2D eigenvalue weighted by Gasteiger charge is 2.22. The lowest BCUT2D eigenvalue weighted by molar-refractivity contribution is 0.545. The van der Waals surface area contributed by atoms with E-state index in [0.29, 0.717) is 23.0 Å². The van der Waals surface area contributed by atoms with E-state index >= 15 is 0 Å². The molecule has 0 spiro atoms. The van der Waals surface area contributed by atoms with Crippen molar-refractivity contribution in [2.45, 2.75) is 18.2 Å². The van der Waals surface area contributed by atoms with Gasteiger partial charge in [0.05, 0.1) is 15.6 Å². The highest BCUT2D eigenvalue weighted by molar-refractivity contribution is 7.99. The van der Waals surface area contributed by atoms with Gasteiger partial charge in [-0.15, -0.1) is 0 Å². The van der Waals surface area contributed by atoms with Crippen LogP contribution < -0.4 is 10.5 Å². The van der Waals surface area contributed by atoms with E-state index in [1.807, 2.05) is 11.8 Å². The third-order valence-corrected chi connectivity index (χ3v) is 6.29. The summed E-state index contributed by atoms with van der Waals surface area (Å²) in [6.07, 6.45) is 1.06. The zero-order chi connectivity index (χ0) is 14.0. The number of rotatable bonds is 4. The largest absolute Gasteiger partial charge is 0.397 e. The summed E-state index contributed by atoms with van der Waals surface area (Å²) in [5.41, 5.74) is 6.56. The fourth-order valence-corrected chi connectivity index (χ4v) is 4.89. The predicted molar refractivity (Wildman–Crippen MR) is 81.2 cm³/mol. The van der Waals surface area contributed by atoms with Crippen LogP contribution in [0, 0.1) is 12.8 Å². The molecule has 1 unspecified atom stereocenters. The molecule has 1 aromatic rings. The number of nitrogen functional groups attached to an aromatic ring is 1. The molecule has 1 saturated heterocycles. The lowest BCUT2D eigenvalue weighted by atomic mass is 10.1. The monoisotopic (exact) mass is 320 g/mol. The standard InChI is InChI=1S/C12H17ClN2O2S2/c1-8-4-10(13)11(14)5-12(8)19(16,17)15-6-9-2-3-18-7-9/h4-5,9,15H,2-3,6-7,14H2,1H3. The van der Waals surface area contributed by atoms with Gasteiger partial charge in [0.2, 0.25) is 10.0 Å². The normalized spacial score (nSPS) is 19.8. The number of hydrogen-bond acceptors (Lipinski definition) is 4. The van der Waals surface area contributed by atoms with Gasteiger partial charge in [0, 0.05) is 6.54 Å². The number of sulfonamides is 1. The van der Waals surface area contributed by atoms with Gasteiger partial charge < -0.3 is 5.73 Å². The van der Waals surface area contributed by atoms with Crippen molar-refractivity contribution in [3.8, 4) is 0 Å². The van der Waals surface area contributed by atoms with Gasteiger partial charge >= 0.3 is 0 Å². The van der Waals surface area contributed by atoms with Crippen molar-refractivity contribution >= 4 is 39.1 Å². The number of thioether (sulfide) groups is 1. The number of hydrogen-bond donors (Lipinski definition) is 2. The molecule has 1 aliphatic heterocycles. The molecule has 0 bridgehead atoms. The minimum atomic E-state index is -3.52. The second-order valence-electron chi connectivity index (χ2n) is 4.72. The molecular weight excluding hydrogens is 304 g/mol. The Labute approximate surface area is 123 Å². The molecule has 0 aromatic heterocycles. The van der Waals surface area contributed by atoms with Crippen molar-refractivity contribution in [1.82, 2.24) is 4.72 Å². The molecule has 4 nitrogen and oxygen atoms in total. The lowest BCUT2D eigenvalue weighted by Crippen LogP contribution is -2.30. The van der Waals surface area contributed by atoms with E-state index in [4.69, 9.17) is 17.3 Å². The minimum absolute atomic E-state index is 0.208. The van der Waals surface area contributed by atoms with Crippen molar-refractivity contribution in [2.75, 3.05) is 23.8 Å². The molecule has 1 aromatic carbocycles. The maximum atomic E-state index is 12.3. The van der Waals surface area contributed by atoms with E-state index < -0.39 is 10.0 Å². The molecule has 2 rings (SSSR count). The van der Waals surface area contributed by atoms with E-state index in [-0.39, 0.29) is 10.6 Å². The van der Waals surface area contributed by atoms with E-state index in [1.54, 1.807) is 13.0 Å². The summed E-state index contributed by atoms with van der Waals surface area (Å²) in [5.74, 6) is 2.55. The van der Waals surface area contributed by atoms with Crippen molar-refractivity contribution in [3.05, 3.63) is 22.7 Å². The fourth-order valence-electron chi connectivity index (χ4n) is 2.01. The number of benzene rings is 1. The van der Waals surface area contributed by atoms with E-state index in [9.17, 15) is 8.42 Å². The highest BCUT2D eigenvalue weighted by Crippen LogP contribution is 2.27. The second kappa shape index (κ2) is 5.91. The molecular formula is C12H17ClN2O2S2. The Balaban J connectivity index is 2.16. The Morgan fingerprint density at radius 2 is 2.26 bits per heavy atom. The smallest absolute Gasteiger partial charge is 0.240 e. The summed E-state index contributed by atoms with van der Waals surface area (Å²) in [6.45, 7) is 2.20. The summed E-state index contributed by atoms with van der Waals surface area (Å²) >= 11 is 7.74. The van der Waals surface area contributed by atoms with Gasteiger partial charge in [-0.25, -0.2) is 13.1 Å². The van der Waals surface area contributed by atoms with Crippen LogP contribution in [0.25, 0.3) is 0 Å². The summed E-state index contributed by atoms with van der Waals surface area (Å²) in [4.78, 5) is 0.208. The fraction of sp³-hybridized carbons (Fsp3) is 0.500. The van der Waals surface area contributed by atoms with E-state index in [1.165, 1.54) is 6.07 Å². The molecule has 0 aliphatic carbocycles. The quantitative estimate of drug-likeness (QED) is 0.835. The molecule has 0 saturated carbocycles. The number of halogens is 1. The van der Waals surface area contributed by atoms with Gasteiger partial charge in [0.25, 0.3) is 0 Å². The zero-order valence-electron chi connectivity index (χ0n) is 10.6. The van der Waals surface area contributed by atoms with Crippen molar-refractivity contribution in [2.24, 2.45) is 5.92 Å². The molecule has 19 heavy (non-hydrogen) atoms. The Bertz CT molecular complexity index is 569. The average molecular weight is 321 g/mol. The molecule has 1 atom stereocenters. The summed E-state index contributed by atoms with van der Waals surface area (Å²) < 4.78 is 27.2. The molecule has 1 heterocycles. The molecule has 3 N–H and O–H groups in total. The van der Waals surface area contributed by atoms with Crippen LogP contribution in [0.4, 0.5) is 5.69 Å². The Morgan fingerprint density at radius 3 is 2.89 bits per heavy atom. The predicted octanol–water partition coefficient (Wildman–Crippen LogP) is 2.26. The van der Waals surface area contributed by atoms with Crippen LogP contribution in [-0.4, -0.2) is 26.5 Å². The van der Waals surface area contributed by atoms with E-state index in [2.05, 4.69) is 4.72 Å². The van der Waals surface area contributed by atoms with Gasteiger partial charge in [0.1, 0.15) is 0 Å². The summed E-state index contributed by atoms with van der Waals surface area (Å²) in [5, 5.41) is 0.378. The topological polar surface area (TPSA) is 72.2 Å². The molecule has 0 radical (unpaired) electrons. The number of nitrogens with two attached hydrogens (primary N) is 1. The van der Waals surface area contributed by atoms with Gasteiger partial charge in [-0.3, -0.25) is 0 Å². The van der Waals surface area contributed by atoms with Gasteiger partial charge in [-0.2, -0.15) is 11.8 Å². The van der Waals surface area contributed by atoms with Crippen LogP contribution >= 0.6 is 23.4 Å². The summed E-state index contributed by atoms with van der Waals surface area (Å²) in [6, 6.07) is 3.00. The van der Waals surface area contributed by atoms with Gasteiger partial charge in [-0.05, 0) is 48.5 Å². The van der Waals surface area contributed by atoms with Crippen LogP contribution in [0.15, 0.2) is 17.0 Å². The van der Waals surface area contributed by atoms with Crippen LogP contribution in [0.3, 0.4) is 0 Å². The van der Waals surface area contributed by atoms with Crippen LogP contribution in [0.5, 0.6) is 0 Å². The number of aryl methyl sites for hydroxylation is 1. The average Bonchev–Trinajstić information content (AvgIpc) is 2.84. The summed E-state index contributed by atoms with van der Waals surface area (Å²) in [7, 11) is -3.52. The van der Waals surface area contributed by atoms with Crippen molar-refractivity contribution in [3.63, 3.8) is 0 Å². The molecule has 0 amide bonds.